The molecule has 2 rings (SSSR count). The minimum atomic E-state index is -0.350. The second kappa shape index (κ2) is 6.15. The molecule has 0 aliphatic rings. The number of hydrogen-bond acceptors (Lipinski definition) is 5. The van der Waals surface area contributed by atoms with Crippen LogP contribution < -0.4 is 11.2 Å². The number of nitrogen functional groups attached to an aromatic ring is 1. The number of halogens is 1. The van der Waals surface area contributed by atoms with Gasteiger partial charge >= 0.3 is 0 Å². The number of aryl methyl sites for hydroxylation is 1. The number of anilines is 1. The van der Waals surface area contributed by atoms with Crippen molar-refractivity contribution >= 4 is 35.0 Å². The van der Waals surface area contributed by atoms with Gasteiger partial charge < -0.3 is 11.2 Å². The number of aromatic nitrogens is 3. The molecular formula is C12H14ClN5OS. The van der Waals surface area contributed by atoms with Crippen molar-refractivity contribution in [3.63, 3.8) is 0 Å². The van der Waals surface area contributed by atoms with E-state index in [4.69, 9.17) is 17.4 Å². The summed E-state index contributed by atoms with van der Waals surface area (Å²) >= 11 is 7.04. The van der Waals surface area contributed by atoms with Gasteiger partial charge in [0.25, 0.3) is 0 Å². The third-order valence-corrected chi connectivity index (χ3v) is 3.91. The Balaban J connectivity index is 1.98. The number of carbonyl (C=O) groups excluding carboxylic acids is 1. The van der Waals surface area contributed by atoms with Gasteiger partial charge in [0.1, 0.15) is 5.82 Å². The van der Waals surface area contributed by atoms with Crippen LogP contribution in [0.3, 0.4) is 0 Å². The zero-order valence-electron chi connectivity index (χ0n) is 11.0. The van der Waals surface area contributed by atoms with E-state index in [1.165, 1.54) is 16.4 Å². The zero-order chi connectivity index (χ0) is 14.7. The van der Waals surface area contributed by atoms with Crippen molar-refractivity contribution in [1.29, 1.82) is 0 Å². The van der Waals surface area contributed by atoms with Crippen molar-refractivity contribution in [3.8, 4) is 0 Å². The standard InChI is InChI=1S/C12H14ClN5OS/c1-7(20-12-17-16-8(2)18(12)14)11(19)15-10-5-3-9(13)4-6-10/h3-7H,14H2,1-2H3,(H,15,19)/t7-/m0/s1. The second-order valence-electron chi connectivity index (χ2n) is 4.16. The summed E-state index contributed by atoms with van der Waals surface area (Å²) < 4.78 is 1.36. The normalized spacial score (nSPS) is 12.2. The third-order valence-electron chi connectivity index (χ3n) is 2.60. The molecule has 0 fully saturated rings. The molecule has 3 N–H and O–H groups in total. The van der Waals surface area contributed by atoms with Crippen LogP contribution in [0.2, 0.25) is 5.02 Å². The van der Waals surface area contributed by atoms with Gasteiger partial charge in [-0.1, -0.05) is 23.4 Å². The smallest absolute Gasteiger partial charge is 0.237 e. The van der Waals surface area contributed by atoms with Crippen LogP contribution in [0.4, 0.5) is 5.69 Å². The van der Waals surface area contributed by atoms with E-state index in [-0.39, 0.29) is 11.2 Å². The zero-order valence-corrected chi connectivity index (χ0v) is 12.6. The van der Waals surface area contributed by atoms with Crippen LogP contribution in [0.25, 0.3) is 0 Å². The lowest BCUT2D eigenvalue weighted by atomic mass is 10.3. The Morgan fingerprint density at radius 3 is 2.60 bits per heavy atom. The molecule has 6 nitrogen and oxygen atoms in total. The minimum Gasteiger partial charge on any atom is -0.336 e. The largest absolute Gasteiger partial charge is 0.336 e. The summed E-state index contributed by atoms with van der Waals surface area (Å²) in [5, 5.41) is 11.3. The fraction of sp³-hybridized carbons (Fsp3) is 0.250. The summed E-state index contributed by atoms with van der Waals surface area (Å²) in [4.78, 5) is 12.1. The van der Waals surface area contributed by atoms with E-state index >= 15 is 0 Å². The number of nitrogens with two attached hydrogens (primary N) is 1. The fourth-order valence-corrected chi connectivity index (χ4v) is 2.36. The van der Waals surface area contributed by atoms with Crippen molar-refractivity contribution in [3.05, 3.63) is 35.1 Å². The van der Waals surface area contributed by atoms with E-state index in [0.717, 1.165) is 0 Å². The summed E-state index contributed by atoms with van der Waals surface area (Å²) in [6.45, 7) is 3.52. The highest BCUT2D eigenvalue weighted by molar-refractivity contribution is 8.00. The van der Waals surface area contributed by atoms with Crippen molar-refractivity contribution in [2.45, 2.75) is 24.3 Å². The Labute approximate surface area is 125 Å². The van der Waals surface area contributed by atoms with Crippen LogP contribution in [0.1, 0.15) is 12.7 Å². The number of thioether (sulfide) groups is 1. The highest BCUT2D eigenvalue weighted by atomic mass is 35.5. The van der Waals surface area contributed by atoms with Gasteiger partial charge in [0, 0.05) is 10.7 Å². The molecule has 1 amide bonds. The maximum Gasteiger partial charge on any atom is 0.237 e. The van der Waals surface area contributed by atoms with Gasteiger partial charge in [-0.3, -0.25) is 4.79 Å². The number of carbonyl (C=O) groups is 1. The number of nitrogens with zero attached hydrogens (tertiary/aromatic N) is 3. The predicted molar refractivity (Wildman–Crippen MR) is 80.3 cm³/mol. The predicted octanol–water partition coefficient (Wildman–Crippen LogP) is 2.07. The first kappa shape index (κ1) is 14.7. The number of benzene rings is 1. The van der Waals surface area contributed by atoms with Gasteiger partial charge in [-0.15, -0.1) is 10.2 Å². The third kappa shape index (κ3) is 3.43. The summed E-state index contributed by atoms with van der Waals surface area (Å²) in [7, 11) is 0. The molecule has 1 aromatic heterocycles. The first-order valence-electron chi connectivity index (χ1n) is 5.87. The Kier molecular flexibility index (Phi) is 4.51. The number of hydrogen-bond donors (Lipinski definition) is 2. The number of nitrogens with one attached hydrogen (secondary N) is 1. The first-order valence-corrected chi connectivity index (χ1v) is 7.13. The molecule has 0 bridgehead atoms. The molecule has 20 heavy (non-hydrogen) atoms. The van der Waals surface area contributed by atoms with Crippen molar-refractivity contribution in [1.82, 2.24) is 14.9 Å². The lowest BCUT2D eigenvalue weighted by molar-refractivity contribution is -0.115. The van der Waals surface area contributed by atoms with E-state index < -0.39 is 0 Å². The van der Waals surface area contributed by atoms with Crippen LogP contribution in [0.15, 0.2) is 29.4 Å². The van der Waals surface area contributed by atoms with Crippen LogP contribution >= 0.6 is 23.4 Å². The Morgan fingerprint density at radius 1 is 1.40 bits per heavy atom. The maximum absolute atomic E-state index is 12.1. The first-order chi connectivity index (χ1) is 9.47. The molecule has 0 radical (unpaired) electrons. The summed E-state index contributed by atoms with van der Waals surface area (Å²) in [6.07, 6.45) is 0. The molecule has 0 aliphatic carbocycles. The SMILES string of the molecule is Cc1nnc(S[C@@H](C)C(=O)Nc2ccc(Cl)cc2)n1N. The average Bonchev–Trinajstić information content (AvgIpc) is 2.73. The second-order valence-corrected chi connectivity index (χ2v) is 5.90. The highest BCUT2D eigenvalue weighted by Gasteiger charge is 2.18. The van der Waals surface area contributed by atoms with E-state index in [0.29, 0.717) is 21.7 Å². The van der Waals surface area contributed by atoms with Gasteiger partial charge in [-0.05, 0) is 38.1 Å². The molecule has 1 atom stereocenters. The molecule has 0 spiro atoms. The van der Waals surface area contributed by atoms with E-state index in [9.17, 15) is 4.79 Å². The lowest BCUT2D eigenvalue weighted by Crippen LogP contribution is -2.23. The quantitative estimate of drug-likeness (QED) is 0.667. The Bertz CT molecular complexity index is 613. The Hall–Kier alpha value is -1.73. The summed E-state index contributed by atoms with van der Waals surface area (Å²) in [5.41, 5.74) is 0.692. The van der Waals surface area contributed by atoms with Crippen LogP contribution in [0, 0.1) is 6.92 Å². The van der Waals surface area contributed by atoms with Gasteiger partial charge in [0.15, 0.2) is 0 Å². The van der Waals surface area contributed by atoms with Crippen molar-refractivity contribution in [2.24, 2.45) is 0 Å². The summed E-state index contributed by atoms with van der Waals surface area (Å²) in [6, 6.07) is 6.92. The fourth-order valence-electron chi connectivity index (χ4n) is 1.42. The van der Waals surface area contributed by atoms with Gasteiger partial charge in [-0.2, -0.15) is 0 Å². The molecule has 1 aromatic carbocycles. The monoisotopic (exact) mass is 311 g/mol. The molecular weight excluding hydrogens is 298 g/mol. The van der Waals surface area contributed by atoms with Crippen LogP contribution in [0.5, 0.6) is 0 Å². The molecule has 0 saturated carbocycles. The molecule has 2 aromatic rings. The molecule has 0 saturated heterocycles. The van der Waals surface area contributed by atoms with E-state index in [2.05, 4.69) is 15.5 Å². The van der Waals surface area contributed by atoms with Gasteiger partial charge in [0.05, 0.1) is 5.25 Å². The lowest BCUT2D eigenvalue weighted by Gasteiger charge is -2.11. The van der Waals surface area contributed by atoms with Crippen LogP contribution in [-0.2, 0) is 4.79 Å². The van der Waals surface area contributed by atoms with Crippen molar-refractivity contribution < 1.29 is 4.79 Å². The van der Waals surface area contributed by atoms with Gasteiger partial charge in [-0.25, -0.2) is 4.68 Å². The molecule has 0 unspecified atom stereocenters. The van der Waals surface area contributed by atoms with E-state index in [1.54, 1.807) is 38.1 Å². The Morgan fingerprint density at radius 2 is 2.05 bits per heavy atom. The van der Waals surface area contributed by atoms with Gasteiger partial charge in [0.2, 0.25) is 11.1 Å². The van der Waals surface area contributed by atoms with Crippen LogP contribution in [-0.4, -0.2) is 26.0 Å². The number of amides is 1. The topological polar surface area (TPSA) is 85.8 Å². The molecule has 8 heteroatoms. The average molecular weight is 312 g/mol. The highest BCUT2D eigenvalue weighted by Crippen LogP contribution is 2.22. The molecule has 1 heterocycles. The maximum atomic E-state index is 12.1. The summed E-state index contributed by atoms with van der Waals surface area (Å²) in [5.74, 6) is 6.20. The van der Waals surface area contributed by atoms with E-state index in [1.807, 2.05) is 0 Å². The van der Waals surface area contributed by atoms with Crippen molar-refractivity contribution in [2.75, 3.05) is 11.2 Å². The number of rotatable bonds is 4. The molecule has 106 valence electrons. The minimum absolute atomic E-state index is 0.141. The molecule has 0 aliphatic heterocycles.